The zero-order valence-electron chi connectivity index (χ0n) is 11.8. The van der Waals surface area contributed by atoms with E-state index in [1.54, 1.807) is 12.1 Å². The van der Waals surface area contributed by atoms with Crippen LogP contribution in [0.1, 0.15) is 12.6 Å². The van der Waals surface area contributed by atoms with E-state index in [1.165, 1.54) is 6.07 Å². The summed E-state index contributed by atoms with van der Waals surface area (Å²) < 4.78 is 31.9. The van der Waals surface area contributed by atoms with Crippen molar-refractivity contribution in [3.63, 3.8) is 0 Å². The van der Waals surface area contributed by atoms with Crippen molar-refractivity contribution in [1.82, 2.24) is 9.53 Å². The molecule has 2 aromatic heterocycles. The quantitative estimate of drug-likeness (QED) is 0.690. The third kappa shape index (κ3) is 2.81. The average Bonchev–Trinajstić information content (AvgIpc) is 3.07. The van der Waals surface area contributed by atoms with E-state index in [2.05, 4.69) is 24.3 Å². The van der Waals surface area contributed by atoms with Crippen molar-refractivity contribution >= 4 is 43.1 Å². The van der Waals surface area contributed by atoms with Crippen molar-refractivity contribution in [2.75, 3.05) is 0 Å². The first-order valence-electron chi connectivity index (χ1n) is 6.42. The molecule has 9 nitrogen and oxygen atoms in total. The number of sulfonamides is 1. The summed E-state index contributed by atoms with van der Waals surface area (Å²) in [7, 11) is -3.88. The molecule has 0 radical (unpaired) electrons. The lowest BCUT2D eigenvalue weighted by Gasteiger charge is -1.98. The summed E-state index contributed by atoms with van der Waals surface area (Å²) in [4.78, 5) is -0.0743. The maximum atomic E-state index is 11.6. The Kier molecular flexibility index (Phi) is 3.83. The SMILES string of the molecule is CCc1noc(O)c1N=Nc1snc2c(S(N)(=O)=O)cccc12. The topological polar surface area (TPSA) is 144 Å². The van der Waals surface area contributed by atoms with Gasteiger partial charge < -0.3 is 9.63 Å². The Morgan fingerprint density at radius 2 is 2.17 bits per heavy atom. The number of benzene rings is 1. The first-order chi connectivity index (χ1) is 10.9. The number of aromatic hydroxyl groups is 1. The number of nitrogens with two attached hydrogens (primary N) is 1. The van der Waals surface area contributed by atoms with E-state index >= 15 is 0 Å². The van der Waals surface area contributed by atoms with Crippen molar-refractivity contribution < 1.29 is 18.0 Å². The Morgan fingerprint density at radius 3 is 2.87 bits per heavy atom. The maximum Gasteiger partial charge on any atom is 0.337 e. The predicted octanol–water partition coefficient (Wildman–Crippen LogP) is 2.62. The van der Waals surface area contributed by atoms with Crippen molar-refractivity contribution in [3.05, 3.63) is 23.9 Å². The number of aryl methyl sites for hydroxylation is 1. The van der Waals surface area contributed by atoms with Crippen molar-refractivity contribution in [2.24, 2.45) is 15.4 Å². The number of hydrogen-bond acceptors (Lipinski definition) is 9. The molecule has 1 aromatic carbocycles. The molecule has 0 atom stereocenters. The standard InChI is InChI=1S/C12H11N5O4S2/c1-2-7-10(12(18)21-16-7)14-15-11-6-4-3-5-8(23(13,19)20)9(6)17-22-11/h3-5,18H,2H2,1H3,(H2,13,19,20). The molecule has 0 spiro atoms. The first-order valence-corrected chi connectivity index (χ1v) is 8.74. The van der Waals surface area contributed by atoms with Gasteiger partial charge in [0.25, 0.3) is 0 Å². The van der Waals surface area contributed by atoms with Gasteiger partial charge in [-0.15, -0.1) is 10.2 Å². The summed E-state index contributed by atoms with van der Waals surface area (Å²) in [6.45, 7) is 1.83. The van der Waals surface area contributed by atoms with Gasteiger partial charge in [-0.3, -0.25) is 0 Å². The Hall–Kier alpha value is -2.37. The van der Waals surface area contributed by atoms with Gasteiger partial charge in [0.05, 0.1) is 0 Å². The van der Waals surface area contributed by atoms with E-state index in [4.69, 9.17) is 5.14 Å². The largest absolute Gasteiger partial charge is 0.478 e. The van der Waals surface area contributed by atoms with Crippen LogP contribution in [0.2, 0.25) is 0 Å². The van der Waals surface area contributed by atoms with E-state index in [0.717, 1.165) is 11.5 Å². The number of primary sulfonamides is 1. The molecule has 0 fully saturated rings. The molecular weight excluding hydrogens is 342 g/mol. The van der Waals surface area contributed by atoms with Crippen LogP contribution in [-0.4, -0.2) is 23.1 Å². The van der Waals surface area contributed by atoms with Crippen LogP contribution in [0.3, 0.4) is 0 Å². The van der Waals surface area contributed by atoms with Crippen LogP contribution < -0.4 is 5.14 Å². The molecular formula is C12H11N5O4S2. The molecule has 2 heterocycles. The second kappa shape index (κ2) is 5.68. The predicted molar refractivity (Wildman–Crippen MR) is 82.7 cm³/mol. The summed E-state index contributed by atoms with van der Waals surface area (Å²) in [5.41, 5.74) is 0.834. The molecule has 0 aliphatic heterocycles. The summed E-state index contributed by atoms with van der Waals surface area (Å²) in [6, 6.07) is 4.58. The lowest BCUT2D eigenvalue weighted by atomic mass is 10.2. The molecule has 11 heteroatoms. The second-order valence-electron chi connectivity index (χ2n) is 4.52. The monoisotopic (exact) mass is 353 g/mol. The van der Waals surface area contributed by atoms with E-state index in [-0.39, 0.29) is 16.1 Å². The van der Waals surface area contributed by atoms with Crippen LogP contribution in [0, 0.1) is 0 Å². The smallest absolute Gasteiger partial charge is 0.337 e. The zero-order chi connectivity index (χ0) is 16.6. The van der Waals surface area contributed by atoms with E-state index in [9.17, 15) is 13.5 Å². The van der Waals surface area contributed by atoms with Crippen LogP contribution in [0.4, 0.5) is 10.7 Å². The minimum Gasteiger partial charge on any atom is -0.478 e. The van der Waals surface area contributed by atoms with Gasteiger partial charge in [-0.1, -0.05) is 18.1 Å². The van der Waals surface area contributed by atoms with Gasteiger partial charge in [0, 0.05) is 5.39 Å². The van der Waals surface area contributed by atoms with Gasteiger partial charge in [0.15, 0.2) is 10.7 Å². The summed E-state index contributed by atoms with van der Waals surface area (Å²) in [5, 5.41) is 27.2. The highest BCUT2D eigenvalue weighted by atomic mass is 32.2. The first kappa shape index (κ1) is 15.5. The number of rotatable bonds is 4. The third-order valence-corrected chi connectivity index (χ3v) is 4.74. The highest BCUT2D eigenvalue weighted by Crippen LogP contribution is 2.37. The Bertz CT molecular complexity index is 1010. The molecule has 3 aromatic rings. The maximum absolute atomic E-state index is 11.6. The van der Waals surface area contributed by atoms with Crippen molar-refractivity contribution in [3.8, 4) is 5.95 Å². The molecule has 0 bridgehead atoms. The average molecular weight is 353 g/mol. The lowest BCUT2D eigenvalue weighted by molar-refractivity contribution is 0.277. The molecule has 3 rings (SSSR count). The van der Waals surface area contributed by atoms with Crippen LogP contribution in [0.25, 0.3) is 10.9 Å². The zero-order valence-corrected chi connectivity index (χ0v) is 13.4. The van der Waals surface area contributed by atoms with Gasteiger partial charge in [-0.25, -0.2) is 13.6 Å². The van der Waals surface area contributed by atoms with Gasteiger partial charge >= 0.3 is 5.95 Å². The fourth-order valence-electron chi connectivity index (χ4n) is 1.96. The number of hydrogen-bond donors (Lipinski definition) is 2. The van der Waals surface area contributed by atoms with Crippen LogP contribution in [0.15, 0.2) is 37.8 Å². The van der Waals surface area contributed by atoms with Crippen LogP contribution >= 0.6 is 11.5 Å². The number of fused-ring (bicyclic) bond motifs is 1. The van der Waals surface area contributed by atoms with Gasteiger partial charge in [-0.2, -0.15) is 4.37 Å². The fourth-order valence-corrected chi connectivity index (χ4v) is 3.43. The minimum absolute atomic E-state index is 0.0743. The number of azo groups is 1. The van der Waals surface area contributed by atoms with Gasteiger partial charge in [0.1, 0.15) is 16.1 Å². The molecule has 23 heavy (non-hydrogen) atoms. The summed E-state index contributed by atoms with van der Waals surface area (Å²) >= 11 is 0.971. The van der Waals surface area contributed by atoms with Crippen molar-refractivity contribution in [1.29, 1.82) is 0 Å². The van der Waals surface area contributed by atoms with Crippen LogP contribution in [-0.2, 0) is 16.4 Å². The van der Waals surface area contributed by atoms with Gasteiger partial charge in [-0.05, 0) is 30.1 Å². The summed E-state index contributed by atoms with van der Waals surface area (Å²) in [5.74, 6) is -0.426. The summed E-state index contributed by atoms with van der Waals surface area (Å²) in [6.07, 6.45) is 0.511. The minimum atomic E-state index is -3.88. The Balaban J connectivity index is 2.08. The highest BCUT2D eigenvalue weighted by Gasteiger charge is 2.18. The Labute approximate surface area is 134 Å². The molecule has 0 unspecified atom stereocenters. The van der Waals surface area contributed by atoms with E-state index in [0.29, 0.717) is 22.5 Å². The van der Waals surface area contributed by atoms with Crippen LogP contribution in [0.5, 0.6) is 5.95 Å². The highest BCUT2D eigenvalue weighted by molar-refractivity contribution is 7.89. The van der Waals surface area contributed by atoms with Crippen molar-refractivity contribution in [2.45, 2.75) is 18.2 Å². The molecule has 0 amide bonds. The van der Waals surface area contributed by atoms with E-state index < -0.39 is 16.0 Å². The molecule has 120 valence electrons. The normalized spacial score (nSPS) is 12.4. The Morgan fingerprint density at radius 1 is 1.39 bits per heavy atom. The fraction of sp³-hybridized carbons (Fsp3) is 0.167. The number of aromatic nitrogens is 2. The second-order valence-corrected chi connectivity index (χ2v) is 6.80. The molecule has 0 aliphatic rings. The number of nitrogens with zero attached hydrogens (tertiary/aromatic N) is 4. The molecule has 3 N–H and O–H groups in total. The van der Waals surface area contributed by atoms with Gasteiger partial charge in [0.2, 0.25) is 10.0 Å². The molecule has 0 aliphatic carbocycles. The molecule has 0 saturated heterocycles. The molecule has 0 saturated carbocycles. The lowest BCUT2D eigenvalue weighted by Crippen LogP contribution is -2.12. The van der Waals surface area contributed by atoms with E-state index in [1.807, 2.05) is 6.92 Å². The third-order valence-electron chi connectivity index (χ3n) is 3.05.